The van der Waals surface area contributed by atoms with Crippen LogP contribution in [-0.2, 0) is 4.79 Å². The minimum Gasteiger partial charge on any atom is -0.545 e. The number of rotatable bonds is 4. The van der Waals surface area contributed by atoms with E-state index in [2.05, 4.69) is 6.58 Å². The number of carbonyl (C=O) groups excluding carboxylic acids is 1. The maximum atomic E-state index is 10.3. The van der Waals surface area contributed by atoms with Gasteiger partial charge in [-0.05, 0) is 17.4 Å². The van der Waals surface area contributed by atoms with Gasteiger partial charge in [-0.3, -0.25) is 0 Å². The van der Waals surface area contributed by atoms with Crippen LogP contribution in [0.1, 0.15) is 33.6 Å². The third-order valence-corrected chi connectivity index (χ3v) is 1.94. The van der Waals surface area contributed by atoms with E-state index in [0.29, 0.717) is 6.42 Å². The van der Waals surface area contributed by atoms with E-state index in [0.717, 1.165) is 6.42 Å². The lowest BCUT2D eigenvalue weighted by molar-refractivity contribution is -0.299. The first-order chi connectivity index (χ1) is 4.89. The number of carboxylic acids is 1. The molecule has 11 heavy (non-hydrogen) atoms. The molecule has 0 aliphatic heterocycles. The monoisotopic (exact) mass is 155 g/mol. The Bertz CT molecular complexity index is 168. The molecule has 0 aromatic rings. The molecule has 0 bridgehead atoms. The smallest absolute Gasteiger partial charge is 0.0669 e. The van der Waals surface area contributed by atoms with Gasteiger partial charge in [0.25, 0.3) is 0 Å². The molecule has 0 saturated heterocycles. The molecule has 0 N–H and O–H groups in total. The number of carboxylic acid groups (broad SMARTS) is 1. The van der Waals surface area contributed by atoms with Crippen LogP contribution in [0.5, 0.6) is 0 Å². The summed E-state index contributed by atoms with van der Waals surface area (Å²) in [5, 5.41) is 10.3. The summed E-state index contributed by atoms with van der Waals surface area (Å²) < 4.78 is 0. The highest BCUT2D eigenvalue weighted by molar-refractivity contribution is 5.83. The Hall–Kier alpha value is -0.790. The summed E-state index contributed by atoms with van der Waals surface area (Å²) in [4.78, 5) is 10.3. The second-order valence-corrected chi connectivity index (χ2v) is 3.59. The van der Waals surface area contributed by atoms with Crippen molar-refractivity contribution in [2.75, 3.05) is 0 Å². The molecule has 0 fully saturated rings. The van der Waals surface area contributed by atoms with Gasteiger partial charge in [-0.15, -0.1) is 0 Å². The molecule has 2 heteroatoms. The van der Waals surface area contributed by atoms with Crippen LogP contribution in [-0.4, -0.2) is 5.97 Å². The van der Waals surface area contributed by atoms with Gasteiger partial charge in [-0.1, -0.05) is 33.8 Å². The molecule has 0 radical (unpaired) electrons. The van der Waals surface area contributed by atoms with Crippen molar-refractivity contribution < 1.29 is 9.90 Å². The van der Waals surface area contributed by atoms with Crippen LogP contribution in [0.2, 0.25) is 0 Å². The van der Waals surface area contributed by atoms with Crippen LogP contribution in [0, 0.1) is 5.41 Å². The van der Waals surface area contributed by atoms with Crippen LogP contribution >= 0.6 is 0 Å². The highest BCUT2D eigenvalue weighted by atomic mass is 16.4. The second-order valence-electron chi connectivity index (χ2n) is 3.59. The summed E-state index contributed by atoms with van der Waals surface area (Å²) in [6, 6.07) is 0. The lowest BCUT2D eigenvalue weighted by atomic mass is 9.84. The van der Waals surface area contributed by atoms with Gasteiger partial charge in [-0.25, -0.2) is 0 Å². The fraction of sp³-hybridized carbons (Fsp3) is 0.667. The molecule has 0 unspecified atom stereocenters. The van der Waals surface area contributed by atoms with Crippen LogP contribution in [0.3, 0.4) is 0 Å². The SMILES string of the molecule is C=C(CC(C)(C)CC)C(=O)[O-]. The zero-order valence-corrected chi connectivity index (χ0v) is 7.44. The summed E-state index contributed by atoms with van der Waals surface area (Å²) >= 11 is 0. The van der Waals surface area contributed by atoms with Gasteiger partial charge in [-0.2, -0.15) is 0 Å². The van der Waals surface area contributed by atoms with Crippen molar-refractivity contribution >= 4 is 5.97 Å². The first-order valence-electron chi connectivity index (χ1n) is 3.78. The molecular formula is C9H15O2-. The first-order valence-corrected chi connectivity index (χ1v) is 3.78. The van der Waals surface area contributed by atoms with E-state index < -0.39 is 5.97 Å². The Labute approximate surface area is 67.9 Å². The van der Waals surface area contributed by atoms with Gasteiger partial charge in [0.15, 0.2) is 0 Å². The number of carbonyl (C=O) groups is 1. The Morgan fingerprint density at radius 1 is 1.55 bits per heavy atom. The summed E-state index contributed by atoms with van der Waals surface area (Å²) in [5.41, 5.74) is 0.216. The van der Waals surface area contributed by atoms with E-state index in [1.54, 1.807) is 0 Å². The number of hydrogen-bond acceptors (Lipinski definition) is 2. The largest absolute Gasteiger partial charge is 0.545 e. The van der Waals surface area contributed by atoms with Crippen molar-refractivity contribution in [3.63, 3.8) is 0 Å². The van der Waals surface area contributed by atoms with Gasteiger partial charge in [0, 0.05) is 0 Å². The fourth-order valence-electron chi connectivity index (χ4n) is 0.775. The Balaban J connectivity index is 4.04. The van der Waals surface area contributed by atoms with Gasteiger partial charge in [0.2, 0.25) is 0 Å². The maximum Gasteiger partial charge on any atom is 0.0669 e. The summed E-state index contributed by atoms with van der Waals surface area (Å²) in [6.45, 7) is 9.49. The molecule has 0 heterocycles. The summed E-state index contributed by atoms with van der Waals surface area (Å²) in [7, 11) is 0. The highest BCUT2D eigenvalue weighted by Crippen LogP contribution is 2.27. The molecule has 0 amide bonds. The van der Waals surface area contributed by atoms with Crippen molar-refractivity contribution in [1.29, 1.82) is 0 Å². The summed E-state index contributed by atoms with van der Waals surface area (Å²) in [6.07, 6.45) is 1.45. The zero-order chi connectivity index (χ0) is 9.07. The second kappa shape index (κ2) is 3.56. The molecule has 0 saturated carbocycles. The van der Waals surface area contributed by atoms with Crippen molar-refractivity contribution in [2.24, 2.45) is 5.41 Å². The summed E-state index contributed by atoms with van der Waals surface area (Å²) in [5.74, 6) is -1.13. The molecule has 0 rings (SSSR count). The van der Waals surface area contributed by atoms with E-state index in [1.165, 1.54) is 0 Å². The van der Waals surface area contributed by atoms with Crippen LogP contribution < -0.4 is 5.11 Å². The maximum absolute atomic E-state index is 10.3. The average Bonchev–Trinajstić information content (AvgIpc) is 1.87. The van der Waals surface area contributed by atoms with E-state index in [1.807, 2.05) is 20.8 Å². The van der Waals surface area contributed by atoms with E-state index in [9.17, 15) is 9.90 Å². The van der Waals surface area contributed by atoms with E-state index >= 15 is 0 Å². The zero-order valence-electron chi connectivity index (χ0n) is 7.44. The normalized spacial score (nSPS) is 11.2. The molecule has 64 valence electrons. The standard InChI is InChI=1S/C9H16O2/c1-5-9(3,4)6-7(2)8(10)11/h2,5-6H2,1,3-4H3,(H,10,11)/p-1. The van der Waals surface area contributed by atoms with Crippen LogP contribution in [0.25, 0.3) is 0 Å². The molecule has 0 aliphatic rings. The lowest BCUT2D eigenvalue weighted by Gasteiger charge is -2.23. The van der Waals surface area contributed by atoms with E-state index in [4.69, 9.17) is 0 Å². The predicted octanol–water partition coefficient (Wildman–Crippen LogP) is 1.12. The average molecular weight is 155 g/mol. The Kier molecular flexibility index (Phi) is 3.30. The van der Waals surface area contributed by atoms with Gasteiger partial charge >= 0.3 is 0 Å². The van der Waals surface area contributed by atoms with Crippen LogP contribution in [0.15, 0.2) is 12.2 Å². The third-order valence-electron chi connectivity index (χ3n) is 1.94. The molecule has 0 aromatic heterocycles. The number of aliphatic carboxylic acids is 1. The van der Waals surface area contributed by atoms with Gasteiger partial charge in [0.05, 0.1) is 5.97 Å². The number of hydrogen-bond donors (Lipinski definition) is 0. The quantitative estimate of drug-likeness (QED) is 0.571. The lowest BCUT2D eigenvalue weighted by Crippen LogP contribution is -2.26. The van der Waals surface area contributed by atoms with Crippen molar-refractivity contribution in [1.82, 2.24) is 0 Å². The first kappa shape index (κ1) is 10.2. The molecule has 0 aromatic carbocycles. The third kappa shape index (κ3) is 3.81. The molecule has 2 nitrogen and oxygen atoms in total. The van der Waals surface area contributed by atoms with Crippen molar-refractivity contribution in [3.05, 3.63) is 12.2 Å². The van der Waals surface area contributed by atoms with Gasteiger partial charge in [0.1, 0.15) is 0 Å². The highest BCUT2D eigenvalue weighted by Gasteiger charge is 2.16. The topological polar surface area (TPSA) is 40.1 Å². The minimum atomic E-state index is -1.13. The molecule has 0 aliphatic carbocycles. The fourth-order valence-corrected chi connectivity index (χ4v) is 0.775. The predicted molar refractivity (Wildman–Crippen MR) is 42.8 cm³/mol. The Morgan fingerprint density at radius 3 is 2.27 bits per heavy atom. The van der Waals surface area contributed by atoms with Crippen LogP contribution in [0.4, 0.5) is 0 Å². The van der Waals surface area contributed by atoms with Crippen molar-refractivity contribution in [3.8, 4) is 0 Å². The molecule has 0 atom stereocenters. The molecule has 0 spiro atoms. The van der Waals surface area contributed by atoms with Gasteiger partial charge < -0.3 is 9.90 Å². The van der Waals surface area contributed by atoms with Crippen molar-refractivity contribution in [2.45, 2.75) is 33.6 Å². The molecular weight excluding hydrogens is 140 g/mol. The Morgan fingerprint density at radius 2 is 2.00 bits per heavy atom. The minimum absolute atomic E-state index is 0.0250. The van der Waals surface area contributed by atoms with E-state index in [-0.39, 0.29) is 11.0 Å².